The summed E-state index contributed by atoms with van der Waals surface area (Å²) in [6.45, 7) is 3.48. The summed E-state index contributed by atoms with van der Waals surface area (Å²) in [6.07, 6.45) is 8.83. The fourth-order valence-corrected chi connectivity index (χ4v) is 2.04. The van der Waals surface area contributed by atoms with E-state index in [2.05, 4.69) is 15.5 Å². The van der Waals surface area contributed by atoms with Crippen molar-refractivity contribution in [2.45, 2.75) is 25.7 Å². The van der Waals surface area contributed by atoms with Gasteiger partial charge in [-0.3, -0.25) is 9.89 Å². The van der Waals surface area contributed by atoms with Gasteiger partial charge in [0.15, 0.2) is 5.82 Å². The molecule has 0 atom stereocenters. The van der Waals surface area contributed by atoms with E-state index in [1.807, 2.05) is 19.1 Å². The molecule has 19 heavy (non-hydrogen) atoms. The quantitative estimate of drug-likeness (QED) is 0.646. The maximum Gasteiger partial charge on any atom is 0.249 e. The molecule has 2 rings (SSSR count). The molecule has 1 saturated heterocycles. The van der Waals surface area contributed by atoms with Crippen molar-refractivity contribution in [2.24, 2.45) is 0 Å². The number of carbonyl (C=O) groups is 1. The first kappa shape index (κ1) is 13.5. The summed E-state index contributed by atoms with van der Waals surface area (Å²) in [4.78, 5) is 11.6. The number of H-pyrrole nitrogens is 1. The molecular weight excluding hydrogens is 242 g/mol. The first-order valence-electron chi connectivity index (χ1n) is 6.53. The van der Waals surface area contributed by atoms with Crippen LogP contribution in [0.5, 0.6) is 0 Å². The van der Waals surface area contributed by atoms with E-state index < -0.39 is 0 Å². The standard InChI is InChI=1S/C14H19N3O2/c1-2-3-4-5-14(18)15-13-10-12(16-17-13)11-6-8-19-9-7-11/h2-5,10-11H,6-9H2,1H3,(H2,15,16,17,18)/b3-2+,5-4-. The van der Waals surface area contributed by atoms with Crippen LogP contribution in [0.3, 0.4) is 0 Å². The van der Waals surface area contributed by atoms with E-state index in [9.17, 15) is 4.79 Å². The van der Waals surface area contributed by atoms with Crippen LogP contribution in [0.2, 0.25) is 0 Å². The zero-order valence-electron chi connectivity index (χ0n) is 11.1. The van der Waals surface area contributed by atoms with E-state index in [1.165, 1.54) is 6.08 Å². The van der Waals surface area contributed by atoms with Crippen molar-refractivity contribution in [3.8, 4) is 0 Å². The Morgan fingerprint density at radius 1 is 1.47 bits per heavy atom. The van der Waals surface area contributed by atoms with Crippen molar-refractivity contribution >= 4 is 11.7 Å². The molecule has 2 heterocycles. The van der Waals surface area contributed by atoms with Gasteiger partial charge in [0.05, 0.1) is 0 Å². The Hall–Kier alpha value is -1.88. The Kier molecular flexibility index (Phi) is 4.92. The van der Waals surface area contributed by atoms with Crippen LogP contribution in [0.15, 0.2) is 30.4 Å². The molecule has 2 N–H and O–H groups in total. The van der Waals surface area contributed by atoms with Gasteiger partial charge in [0.25, 0.3) is 0 Å². The van der Waals surface area contributed by atoms with Crippen LogP contribution >= 0.6 is 0 Å². The van der Waals surface area contributed by atoms with Gasteiger partial charge in [0.2, 0.25) is 5.91 Å². The second kappa shape index (κ2) is 6.89. The lowest BCUT2D eigenvalue weighted by atomic mass is 9.97. The summed E-state index contributed by atoms with van der Waals surface area (Å²) in [5, 5.41) is 9.83. The van der Waals surface area contributed by atoms with E-state index in [-0.39, 0.29) is 5.91 Å². The van der Waals surface area contributed by atoms with E-state index >= 15 is 0 Å². The van der Waals surface area contributed by atoms with Gasteiger partial charge >= 0.3 is 0 Å². The minimum Gasteiger partial charge on any atom is -0.381 e. The molecule has 0 unspecified atom stereocenters. The number of amides is 1. The number of anilines is 1. The van der Waals surface area contributed by atoms with Gasteiger partial charge in [-0.1, -0.05) is 18.2 Å². The largest absolute Gasteiger partial charge is 0.381 e. The molecule has 102 valence electrons. The Morgan fingerprint density at radius 3 is 3.00 bits per heavy atom. The van der Waals surface area contributed by atoms with Crippen LogP contribution < -0.4 is 5.32 Å². The minimum atomic E-state index is -0.178. The predicted octanol–water partition coefficient (Wildman–Crippen LogP) is 2.37. The highest BCUT2D eigenvalue weighted by atomic mass is 16.5. The van der Waals surface area contributed by atoms with Crippen LogP contribution in [0.4, 0.5) is 5.82 Å². The number of aromatic amines is 1. The van der Waals surface area contributed by atoms with E-state index in [1.54, 1.807) is 12.2 Å². The third-order valence-electron chi connectivity index (χ3n) is 3.06. The Balaban J connectivity index is 1.91. The zero-order valence-corrected chi connectivity index (χ0v) is 11.1. The molecule has 0 spiro atoms. The smallest absolute Gasteiger partial charge is 0.249 e. The fraction of sp³-hybridized carbons (Fsp3) is 0.429. The van der Waals surface area contributed by atoms with Crippen LogP contribution in [0, 0.1) is 0 Å². The van der Waals surface area contributed by atoms with Gasteiger partial charge < -0.3 is 10.1 Å². The maximum atomic E-state index is 11.6. The van der Waals surface area contributed by atoms with Crippen molar-refractivity contribution < 1.29 is 9.53 Å². The normalized spacial score (nSPS) is 17.3. The lowest BCUT2D eigenvalue weighted by Crippen LogP contribution is -2.14. The van der Waals surface area contributed by atoms with Crippen LogP contribution in [0.1, 0.15) is 31.4 Å². The Labute approximate surface area is 112 Å². The summed E-state index contributed by atoms with van der Waals surface area (Å²) in [5.74, 6) is 0.838. The number of allylic oxidation sites excluding steroid dienone is 3. The molecule has 1 aromatic rings. The van der Waals surface area contributed by atoms with Gasteiger partial charge in [-0.25, -0.2) is 0 Å². The zero-order chi connectivity index (χ0) is 13.5. The van der Waals surface area contributed by atoms with E-state index in [4.69, 9.17) is 4.74 Å². The average molecular weight is 261 g/mol. The van der Waals surface area contributed by atoms with Crippen molar-refractivity contribution in [3.05, 3.63) is 36.1 Å². The van der Waals surface area contributed by atoms with Gasteiger partial charge in [-0.15, -0.1) is 0 Å². The van der Waals surface area contributed by atoms with E-state index in [0.717, 1.165) is 31.7 Å². The molecule has 0 aromatic carbocycles. The number of ether oxygens (including phenoxy) is 1. The van der Waals surface area contributed by atoms with Crippen molar-refractivity contribution in [2.75, 3.05) is 18.5 Å². The number of rotatable bonds is 4. The van der Waals surface area contributed by atoms with Gasteiger partial charge in [0.1, 0.15) is 0 Å². The Bertz CT molecular complexity index is 471. The minimum absolute atomic E-state index is 0.178. The third-order valence-corrected chi connectivity index (χ3v) is 3.06. The SMILES string of the molecule is C/C=C/C=C\C(=O)Nc1cc(C2CCOCC2)[nH]n1. The maximum absolute atomic E-state index is 11.6. The second-order valence-corrected chi connectivity index (χ2v) is 4.47. The number of hydrogen-bond donors (Lipinski definition) is 2. The lowest BCUT2D eigenvalue weighted by Gasteiger charge is -2.20. The average Bonchev–Trinajstić information content (AvgIpc) is 2.88. The molecule has 1 fully saturated rings. The van der Waals surface area contributed by atoms with Crippen LogP contribution in [-0.4, -0.2) is 29.3 Å². The molecule has 1 aromatic heterocycles. The van der Waals surface area contributed by atoms with E-state index in [0.29, 0.717) is 11.7 Å². The molecule has 1 aliphatic rings. The third kappa shape index (κ3) is 4.06. The molecule has 1 aliphatic heterocycles. The molecule has 5 nitrogen and oxygen atoms in total. The number of nitrogens with one attached hydrogen (secondary N) is 2. The number of hydrogen-bond acceptors (Lipinski definition) is 3. The molecular formula is C14H19N3O2. The summed E-state index contributed by atoms with van der Waals surface area (Å²) >= 11 is 0. The molecule has 0 bridgehead atoms. The summed E-state index contributed by atoms with van der Waals surface area (Å²) in [5.41, 5.74) is 1.07. The highest BCUT2D eigenvalue weighted by molar-refractivity contribution is 5.98. The molecule has 0 radical (unpaired) electrons. The monoisotopic (exact) mass is 261 g/mol. The first-order chi connectivity index (χ1) is 9.29. The lowest BCUT2D eigenvalue weighted by molar-refractivity contribution is -0.111. The van der Waals surface area contributed by atoms with Crippen molar-refractivity contribution in [1.29, 1.82) is 0 Å². The molecule has 0 aliphatic carbocycles. The van der Waals surface area contributed by atoms with Gasteiger partial charge in [0, 0.05) is 37.0 Å². The predicted molar refractivity (Wildman–Crippen MR) is 74.0 cm³/mol. The highest BCUT2D eigenvalue weighted by Gasteiger charge is 2.18. The molecule has 1 amide bonds. The van der Waals surface area contributed by atoms with Crippen molar-refractivity contribution in [1.82, 2.24) is 10.2 Å². The van der Waals surface area contributed by atoms with Crippen LogP contribution in [-0.2, 0) is 9.53 Å². The molecule has 5 heteroatoms. The highest BCUT2D eigenvalue weighted by Crippen LogP contribution is 2.26. The number of nitrogens with zero attached hydrogens (tertiary/aromatic N) is 1. The number of carbonyl (C=O) groups excluding carboxylic acids is 1. The summed E-state index contributed by atoms with van der Waals surface area (Å²) in [7, 11) is 0. The molecule has 0 saturated carbocycles. The second-order valence-electron chi connectivity index (χ2n) is 4.47. The number of aromatic nitrogens is 2. The first-order valence-corrected chi connectivity index (χ1v) is 6.53. The topological polar surface area (TPSA) is 67.0 Å². The van der Waals surface area contributed by atoms with Crippen LogP contribution in [0.25, 0.3) is 0 Å². The Morgan fingerprint density at radius 2 is 2.26 bits per heavy atom. The fourth-order valence-electron chi connectivity index (χ4n) is 2.04. The van der Waals surface area contributed by atoms with Crippen molar-refractivity contribution in [3.63, 3.8) is 0 Å². The van der Waals surface area contributed by atoms with Gasteiger partial charge in [-0.2, -0.15) is 5.10 Å². The summed E-state index contributed by atoms with van der Waals surface area (Å²) in [6, 6.07) is 1.90. The summed E-state index contributed by atoms with van der Waals surface area (Å²) < 4.78 is 5.33. The van der Waals surface area contributed by atoms with Gasteiger partial charge in [-0.05, 0) is 19.8 Å².